The van der Waals surface area contributed by atoms with Crippen molar-refractivity contribution in [3.63, 3.8) is 0 Å². The molecule has 0 unspecified atom stereocenters. The van der Waals surface area contributed by atoms with E-state index in [4.69, 9.17) is 14.6 Å². The van der Waals surface area contributed by atoms with E-state index >= 15 is 0 Å². The summed E-state index contributed by atoms with van der Waals surface area (Å²) in [5.74, 6) is -2.93. The third-order valence-electron chi connectivity index (χ3n) is 4.40. The van der Waals surface area contributed by atoms with Crippen molar-refractivity contribution in [2.75, 3.05) is 14.2 Å². The third-order valence-corrected chi connectivity index (χ3v) is 4.40. The fraction of sp³-hybridized carbons (Fsp3) is 0.143. The number of carboxylic acids is 1. The van der Waals surface area contributed by atoms with Gasteiger partial charge in [-0.15, -0.1) is 0 Å². The van der Waals surface area contributed by atoms with Crippen LogP contribution >= 0.6 is 0 Å². The lowest BCUT2D eigenvalue weighted by Crippen LogP contribution is -2.09. The molecule has 0 radical (unpaired) electrons. The quantitative estimate of drug-likeness (QED) is 0.359. The first-order chi connectivity index (χ1) is 13.8. The highest BCUT2D eigenvalue weighted by Gasteiger charge is 2.20. The molecule has 0 atom stereocenters. The Kier molecular flexibility index (Phi) is 5.54. The van der Waals surface area contributed by atoms with Gasteiger partial charge in [-0.1, -0.05) is 12.1 Å². The second kappa shape index (κ2) is 8.05. The molecule has 7 nitrogen and oxygen atoms in total. The molecule has 0 aliphatic carbocycles. The average molecular weight is 399 g/mol. The zero-order valence-electron chi connectivity index (χ0n) is 15.7. The number of fused-ring (bicyclic) bond motifs is 1. The van der Waals surface area contributed by atoms with Gasteiger partial charge in [0.2, 0.25) is 0 Å². The Hall–Kier alpha value is -3.81. The number of hydrogen-bond acceptors (Lipinski definition) is 5. The predicted octanol–water partition coefficient (Wildman–Crippen LogP) is 3.40. The van der Waals surface area contributed by atoms with Crippen molar-refractivity contribution in [3.8, 4) is 11.5 Å². The Morgan fingerprint density at radius 1 is 1.07 bits per heavy atom. The number of aliphatic hydroxyl groups is 1. The number of nitrogens with zero attached hydrogens (tertiary/aromatic N) is 1. The number of carbonyl (C=O) groups excluding carboxylic acids is 1. The van der Waals surface area contributed by atoms with E-state index < -0.39 is 17.5 Å². The van der Waals surface area contributed by atoms with Crippen LogP contribution in [0.25, 0.3) is 16.7 Å². The molecule has 0 fully saturated rings. The van der Waals surface area contributed by atoms with E-state index in [-0.39, 0.29) is 11.4 Å². The van der Waals surface area contributed by atoms with Crippen LogP contribution in [0.2, 0.25) is 0 Å². The van der Waals surface area contributed by atoms with Crippen LogP contribution in [-0.2, 0) is 16.1 Å². The van der Waals surface area contributed by atoms with E-state index in [1.807, 2.05) is 0 Å². The molecule has 0 bridgehead atoms. The van der Waals surface area contributed by atoms with Gasteiger partial charge in [-0.25, -0.2) is 9.18 Å². The van der Waals surface area contributed by atoms with Gasteiger partial charge in [-0.3, -0.25) is 4.79 Å². The number of carbonyl (C=O) groups is 2. The second-order valence-corrected chi connectivity index (χ2v) is 6.19. The minimum absolute atomic E-state index is 0.248. The van der Waals surface area contributed by atoms with Crippen LogP contribution in [-0.4, -0.2) is 40.8 Å². The molecule has 8 heteroatoms. The van der Waals surface area contributed by atoms with Crippen molar-refractivity contribution in [2.24, 2.45) is 0 Å². The SMILES string of the molecule is COc1ccc2c(C(O)=CC(=O)C(=O)O)cn(Cc3ccc(F)cc3)c2c1OC. The molecular formula is C21H18FNO6. The number of rotatable bonds is 7. The standard InChI is InChI=1S/C21H18FNO6/c1-28-18-8-7-14-15(16(24)9-17(25)21(26)27)11-23(19(14)20(18)29-2)10-12-3-5-13(22)6-4-12/h3-9,11,24H,10H2,1-2H3,(H,26,27). The van der Waals surface area contributed by atoms with E-state index in [2.05, 4.69) is 0 Å². The number of halogens is 1. The molecule has 2 N–H and O–H groups in total. The Bertz CT molecular complexity index is 1110. The van der Waals surface area contributed by atoms with Crippen LogP contribution < -0.4 is 9.47 Å². The fourth-order valence-corrected chi connectivity index (χ4v) is 3.08. The van der Waals surface area contributed by atoms with Crippen molar-refractivity contribution in [3.05, 3.63) is 65.6 Å². The lowest BCUT2D eigenvalue weighted by Gasteiger charge is -2.12. The lowest BCUT2D eigenvalue weighted by atomic mass is 10.1. The van der Waals surface area contributed by atoms with Gasteiger partial charge in [-0.05, 0) is 29.8 Å². The number of hydrogen-bond donors (Lipinski definition) is 2. The molecule has 0 saturated heterocycles. The normalized spacial score (nSPS) is 11.5. The van der Waals surface area contributed by atoms with Crippen LogP contribution in [0.3, 0.4) is 0 Å². The number of aliphatic hydroxyl groups excluding tert-OH is 1. The maximum absolute atomic E-state index is 13.2. The Morgan fingerprint density at radius 3 is 2.34 bits per heavy atom. The zero-order valence-corrected chi connectivity index (χ0v) is 15.7. The summed E-state index contributed by atoms with van der Waals surface area (Å²) in [7, 11) is 2.95. The smallest absolute Gasteiger partial charge is 0.376 e. The number of methoxy groups -OCH3 is 2. The maximum Gasteiger partial charge on any atom is 0.376 e. The predicted molar refractivity (Wildman–Crippen MR) is 104 cm³/mol. The van der Waals surface area contributed by atoms with Gasteiger partial charge in [-0.2, -0.15) is 0 Å². The molecule has 0 aliphatic heterocycles. The third kappa shape index (κ3) is 3.91. The first-order valence-electron chi connectivity index (χ1n) is 8.52. The van der Waals surface area contributed by atoms with Crippen LogP contribution in [0.1, 0.15) is 11.1 Å². The molecule has 1 heterocycles. The Morgan fingerprint density at radius 2 is 1.76 bits per heavy atom. The molecule has 3 rings (SSSR count). The highest BCUT2D eigenvalue weighted by Crippen LogP contribution is 2.39. The van der Waals surface area contributed by atoms with Crippen LogP contribution in [0.15, 0.2) is 48.7 Å². The number of ether oxygens (including phenoxy) is 2. The largest absolute Gasteiger partial charge is 0.507 e. The topological polar surface area (TPSA) is 98.0 Å². The summed E-state index contributed by atoms with van der Waals surface area (Å²) >= 11 is 0. The summed E-state index contributed by atoms with van der Waals surface area (Å²) in [6.07, 6.45) is 2.22. The minimum Gasteiger partial charge on any atom is -0.507 e. The Balaban J connectivity index is 2.22. The molecule has 29 heavy (non-hydrogen) atoms. The molecular weight excluding hydrogens is 381 g/mol. The monoisotopic (exact) mass is 399 g/mol. The first-order valence-corrected chi connectivity index (χ1v) is 8.52. The first kappa shape index (κ1) is 19.9. The summed E-state index contributed by atoms with van der Waals surface area (Å²) in [4.78, 5) is 22.3. The lowest BCUT2D eigenvalue weighted by molar-refractivity contribution is -0.146. The zero-order chi connectivity index (χ0) is 21.1. The molecule has 0 aliphatic rings. The second-order valence-electron chi connectivity index (χ2n) is 6.19. The van der Waals surface area contributed by atoms with E-state index in [1.165, 1.54) is 26.4 Å². The molecule has 0 spiro atoms. The van der Waals surface area contributed by atoms with Gasteiger partial charge in [0, 0.05) is 29.8 Å². The van der Waals surface area contributed by atoms with Crippen LogP contribution in [0, 0.1) is 5.82 Å². The van der Waals surface area contributed by atoms with Gasteiger partial charge in [0.05, 0.1) is 19.7 Å². The molecule has 150 valence electrons. The van der Waals surface area contributed by atoms with E-state index in [0.29, 0.717) is 35.0 Å². The van der Waals surface area contributed by atoms with E-state index in [9.17, 15) is 19.1 Å². The number of benzene rings is 2. The van der Waals surface area contributed by atoms with Crippen molar-refractivity contribution in [1.82, 2.24) is 4.57 Å². The van der Waals surface area contributed by atoms with Crippen molar-refractivity contribution < 1.29 is 33.7 Å². The molecule has 2 aromatic carbocycles. The van der Waals surface area contributed by atoms with E-state index in [0.717, 1.165) is 5.56 Å². The highest BCUT2D eigenvalue weighted by molar-refractivity contribution is 6.38. The van der Waals surface area contributed by atoms with Crippen molar-refractivity contribution in [1.29, 1.82) is 0 Å². The number of carboxylic acid groups (broad SMARTS) is 1. The van der Waals surface area contributed by atoms with Gasteiger partial charge < -0.3 is 24.3 Å². The molecule has 0 amide bonds. The van der Waals surface area contributed by atoms with Crippen LogP contribution in [0.4, 0.5) is 4.39 Å². The van der Waals surface area contributed by atoms with Crippen molar-refractivity contribution >= 4 is 28.4 Å². The number of ketones is 1. The Labute approximate surface area is 165 Å². The van der Waals surface area contributed by atoms with Gasteiger partial charge >= 0.3 is 5.97 Å². The van der Waals surface area contributed by atoms with Crippen molar-refractivity contribution in [2.45, 2.75) is 6.54 Å². The van der Waals surface area contributed by atoms with Crippen LogP contribution in [0.5, 0.6) is 11.5 Å². The summed E-state index contributed by atoms with van der Waals surface area (Å²) in [6.45, 7) is 0.306. The number of aromatic nitrogens is 1. The van der Waals surface area contributed by atoms with Gasteiger partial charge in [0.15, 0.2) is 11.5 Å². The summed E-state index contributed by atoms with van der Waals surface area (Å²) in [5.41, 5.74) is 1.59. The highest BCUT2D eigenvalue weighted by atomic mass is 19.1. The fourth-order valence-electron chi connectivity index (χ4n) is 3.08. The van der Waals surface area contributed by atoms with Gasteiger partial charge in [0.1, 0.15) is 11.6 Å². The molecule has 1 aromatic heterocycles. The number of aliphatic carboxylic acids is 1. The summed E-state index contributed by atoms with van der Waals surface area (Å²) in [6, 6.07) is 9.22. The molecule has 0 saturated carbocycles. The molecule has 3 aromatic rings. The maximum atomic E-state index is 13.2. The summed E-state index contributed by atoms with van der Waals surface area (Å²) < 4.78 is 25.8. The van der Waals surface area contributed by atoms with Gasteiger partial charge in [0.25, 0.3) is 5.78 Å². The summed E-state index contributed by atoms with van der Waals surface area (Å²) in [5, 5.41) is 19.7. The average Bonchev–Trinajstić information content (AvgIpc) is 3.07. The van der Waals surface area contributed by atoms with E-state index in [1.54, 1.807) is 35.0 Å². The minimum atomic E-state index is -1.68.